The molecule has 0 aromatic carbocycles. The number of nitrogens with one attached hydrogen (secondary N) is 1. The van der Waals surface area contributed by atoms with E-state index in [0.717, 1.165) is 25.7 Å². The fourth-order valence-corrected chi connectivity index (χ4v) is 2.48. The van der Waals surface area contributed by atoms with Crippen LogP contribution < -0.4 is 5.32 Å². The van der Waals surface area contributed by atoms with Crippen molar-refractivity contribution in [3.63, 3.8) is 0 Å². The van der Waals surface area contributed by atoms with Crippen molar-refractivity contribution in [1.82, 2.24) is 10.2 Å². The number of rotatable bonds is 5. The smallest absolute Gasteiger partial charge is 0.225 e. The first-order valence-electron chi connectivity index (χ1n) is 7.60. The molecule has 0 bridgehead atoms. The van der Waals surface area contributed by atoms with Gasteiger partial charge < -0.3 is 15.3 Å². The molecule has 5 nitrogen and oxygen atoms in total. The highest BCUT2D eigenvalue weighted by Gasteiger charge is 2.36. The maximum Gasteiger partial charge on any atom is 0.225 e. The SMILES string of the molecule is CC(C)(CO)CNC(=O)C1CCN(C(=O)C2CC2)CC1. The monoisotopic (exact) mass is 282 g/mol. The quantitative estimate of drug-likeness (QED) is 0.782. The molecule has 1 aliphatic carbocycles. The summed E-state index contributed by atoms with van der Waals surface area (Å²) >= 11 is 0. The van der Waals surface area contributed by atoms with Gasteiger partial charge in [0.1, 0.15) is 0 Å². The first kappa shape index (κ1) is 15.3. The summed E-state index contributed by atoms with van der Waals surface area (Å²) in [6.45, 7) is 5.80. The third-order valence-electron chi connectivity index (χ3n) is 4.27. The van der Waals surface area contributed by atoms with Gasteiger partial charge >= 0.3 is 0 Å². The third-order valence-corrected chi connectivity index (χ3v) is 4.27. The number of amides is 2. The molecule has 0 radical (unpaired) electrons. The molecular weight excluding hydrogens is 256 g/mol. The summed E-state index contributed by atoms with van der Waals surface area (Å²) in [4.78, 5) is 25.9. The predicted molar refractivity (Wildman–Crippen MR) is 75.9 cm³/mol. The Labute approximate surface area is 120 Å². The molecule has 114 valence electrons. The highest BCUT2D eigenvalue weighted by Crippen LogP contribution is 2.32. The van der Waals surface area contributed by atoms with Crippen molar-refractivity contribution in [1.29, 1.82) is 0 Å². The molecule has 2 N–H and O–H groups in total. The number of aliphatic hydroxyl groups excluding tert-OH is 1. The Morgan fingerprint density at radius 1 is 1.15 bits per heavy atom. The van der Waals surface area contributed by atoms with Crippen LogP contribution in [0.1, 0.15) is 39.5 Å². The Balaban J connectivity index is 1.72. The molecule has 5 heteroatoms. The van der Waals surface area contributed by atoms with Crippen molar-refractivity contribution < 1.29 is 14.7 Å². The van der Waals surface area contributed by atoms with Gasteiger partial charge in [0.2, 0.25) is 11.8 Å². The second-order valence-corrected chi connectivity index (χ2v) is 6.91. The number of carbonyl (C=O) groups excluding carboxylic acids is 2. The lowest BCUT2D eigenvalue weighted by atomic mass is 9.92. The maximum absolute atomic E-state index is 12.1. The fraction of sp³-hybridized carbons (Fsp3) is 0.867. The van der Waals surface area contributed by atoms with Crippen LogP contribution in [0.15, 0.2) is 0 Å². The average molecular weight is 282 g/mol. The van der Waals surface area contributed by atoms with Gasteiger partial charge in [-0.1, -0.05) is 13.8 Å². The molecule has 2 fully saturated rings. The first-order chi connectivity index (χ1) is 9.43. The maximum atomic E-state index is 12.1. The van der Waals surface area contributed by atoms with Crippen LogP contribution in [0, 0.1) is 17.3 Å². The van der Waals surface area contributed by atoms with Crippen LogP contribution in [-0.2, 0) is 9.59 Å². The van der Waals surface area contributed by atoms with Gasteiger partial charge in [-0.2, -0.15) is 0 Å². The molecule has 0 atom stereocenters. The largest absolute Gasteiger partial charge is 0.396 e. The van der Waals surface area contributed by atoms with Gasteiger partial charge in [0.25, 0.3) is 0 Å². The lowest BCUT2D eigenvalue weighted by molar-refractivity contribution is -0.136. The number of likely N-dealkylation sites (tertiary alicyclic amines) is 1. The van der Waals surface area contributed by atoms with Gasteiger partial charge in [-0.25, -0.2) is 0 Å². The number of carbonyl (C=O) groups is 2. The van der Waals surface area contributed by atoms with Crippen molar-refractivity contribution in [2.24, 2.45) is 17.3 Å². The summed E-state index contributed by atoms with van der Waals surface area (Å²) in [5, 5.41) is 12.1. The van der Waals surface area contributed by atoms with E-state index in [1.165, 1.54) is 0 Å². The summed E-state index contributed by atoms with van der Waals surface area (Å²) in [5.41, 5.74) is -0.279. The van der Waals surface area contributed by atoms with E-state index in [1.807, 2.05) is 18.7 Å². The zero-order chi connectivity index (χ0) is 14.8. The van der Waals surface area contributed by atoms with Gasteiger partial charge in [0, 0.05) is 43.5 Å². The molecule has 20 heavy (non-hydrogen) atoms. The summed E-state index contributed by atoms with van der Waals surface area (Å²) in [6, 6.07) is 0. The molecule has 1 aliphatic heterocycles. The van der Waals surface area contributed by atoms with Crippen LogP contribution in [0.3, 0.4) is 0 Å². The molecule has 2 amide bonds. The lowest BCUT2D eigenvalue weighted by Gasteiger charge is -2.32. The highest BCUT2D eigenvalue weighted by atomic mass is 16.3. The normalized spacial score (nSPS) is 20.9. The zero-order valence-electron chi connectivity index (χ0n) is 12.5. The fourth-order valence-electron chi connectivity index (χ4n) is 2.48. The Bertz CT molecular complexity index is 369. The van der Waals surface area contributed by atoms with E-state index in [4.69, 9.17) is 0 Å². The average Bonchev–Trinajstić information content (AvgIpc) is 3.29. The third kappa shape index (κ3) is 3.95. The standard InChI is InChI=1S/C15H26N2O3/c1-15(2,10-18)9-16-13(19)11-5-7-17(8-6-11)14(20)12-3-4-12/h11-12,18H,3-10H2,1-2H3,(H,16,19). The van der Waals surface area contributed by atoms with Crippen molar-refractivity contribution in [2.45, 2.75) is 39.5 Å². The van der Waals surface area contributed by atoms with Crippen LogP contribution >= 0.6 is 0 Å². The van der Waals surface area contributed by atoms with Gasteiger partial charge in [-0.05, 0) is 25.7 Å². The minimum absolute atomic E-state index is 0.00717. The molecule has 0 aromatic heterocycles. The van der Waals surface area contributed by atoms with E-state index in [0.29, 0.717) is 19.6 Å². The second-order valence-electron chi connectivity index (χ2n) is 6.91. The predicted octanol–water partition coefficient (Wildman–Crippen LogP) is 0.770. The molecule has 0 aromatic rings. The Morgan fingerprint density at radius 2 is 1.75 bits per heavy atom. The first-order valence-corrected chi connectivity index (χ1v) is 7.60. The molecule has 0 unspecified atom stereocenters. The van der Waals surface area contributed by atoms with E-state index in [-0.39, 0.29) is 35.7 Å². The van der Waals surface area contributed by atoms with E-state index in [2.05, 4.69) is 5.32 Å². The second kappa shape index (κ2) is 6.12. The zero-order valence-corrected chi connectivity index (χ0v) is 12.5. The van der Waals surface area contributed by atoms with E-state index in [1.54, 1.807) is 0 Å². The van der Waals surface area contributed by atoms with Gasteiger partial charge in [0.05, 0.1) is 0 Å². The topological polar surface area (TPSA) is 69.6 Å². The minimum atomic E-state index is -0.279. The van der Waals surface area contributed by atoms with E-state index >= 15 is 0 Å². The minimum Gasteiger partial charge on any atom is -0.396 e. The van der Waals surface area contributed by atoms with Crippen LogP contribution in [-0.4, -0.2) is 48.1 Å². The number of hydrogen-bond acceptors (Lipinski definition) is 3. The Morgan fingerprint density at radius 3 is 2.25 bits per heavy atom. The summed E-state index contributed by atoms with van der Waals surface area (Å²) in [7, 11) is 0. The molecule has 2 rings (SSSR count). The van der Waals surface area contributed by atoms with Crippen LogP contribution in [0.4, 0.5) is 0 Å². The van der Waals surface area contributed by atoms with Crippen LogP contribution in [0.2, 0.25) is 0 Å². The molecule has 1 saturated carbocycles. The summed E-state index contributed by atoms with van der Waals surface area (Å²) < 4.78 is 0. The summed E-state index contributed by atoms with van der Waals surface area (Å²) in [5.74, 6) is 0.619. The Hall–Kier alpha value is -1.10. The lowest BCUT2D eigenvalue weighted by Crippen LogP contribution is -2.45. The highest BCUT2D eigenvalue weighted by molar-refractivity contribution is 5.82. The molecular formula is C15H26N2O3. The Kier molecular flexibility index (Phi) is 4.68. The van der Waals surface area contributed by atoms with Crippen molar-refractivity contribution in [3.8, 4) is 0 Å². The van der Waals surface area contributed by atoms with Crippen molar-refractivity contribution in [3.05, 3.63) is 0 Å². The van der Waals surface area contributed by atoms with Gasteiger partial charge in [-0.3, -0.25) is 9.59 Å². The molecule has 2 aliphatic rings. The number of hydrogen-bond donors (Lipinski definition) is 2. The summed E-state index contributed by atoms with van der Waals surface area (Å²) in [6.07, 6.45) is 3.58. The van der Waals surface area contributed by atoms with Crippen LogP contribution in [0.5, 0.6) is 0 Å². The van der Waals surface area contributed by atoms with Gasteiger partial charge in [0.15, 0.2) is 0 Å². The number of piperidine rings is 1. The van der Waals surface area contributed by atoms with Crippen LogP contribution in [0.25, 0.3) is 0 Å². The molecule has 0 spiro atoms. The van der Waals surface area contributed by atoms with E-state index < -0.39 is 0 Å². The number of nitrogens with zero attached hydrogens (tertiary/aromatic N) is 1. The van der Waals surface area contributed by atoms with Crippen molar-refractivity contribution >= 4 is 11.8 Å². The van der Waals surface area contributed by atoms with E-state index in [9.17, 15) is 14.7 Å². The number of aliphatic hydroxyl groups is 1. The van der Waals surface area contributed by atoms with Gasteiger partial charge in [-0.15, -0.1) is 0 Å². The molecule has 1 heterocycles. The van der Waals surface area contributed by atoms with Crippen molar-refractivity contribution in [2.75, 3.05) is 26.2 Å². The molecule has 1 saturated heterocycles.